The van der Waals surface area contributed by atoms with E-state index in [0.29, 0.717) is 23.1 Å². The fraction of sp³-hybridized carbons (Fsp3) is 0.308. The van der Waals surface area contributed by atoms with Crippen LogP contribution in [0.25, 0.3) is 10.8 Å². The first kappa shape index (κ1) is 14.0. The molecule has 102 valence electrons. The van der Waals surface area contributed by atoms with Gasteiger partial charge in [0.25, 0.3) is 6.43 Å². The molecule has 0 unspecified atom stereocenters. The summed E-state index contributed by atoms with van der Waals surface area (Å²) in [5, 5.41) is 11.6. The standard InChI is InChI=1S/C13H13BrF2N2O/c14-4-6-18(8-12(15)16)13-11-7-10(19)2-1-9(11)3-5-17-13/h1-3,5,7,12,19H,4,6,8H2. The van der Waals surface area contributed by atoms with E-state index in [2.05, 4.69) is 20.9 Å². The highest BCUT2D eigenvalue weighted by molar-refractivity contribution is 9.09. The van der Waals surface area contributed by atoms with Crippen LogP contribution in [-0.2, 0) is 0 Å². The highest BCUT2D eigenvalue weighted by Gasteiger charge is 2.16. The van der Waals surface area contributed by atoms with Gasteiger partial charge in [0, 0.05) is 23.5 Å². The molecule has 1 aromatic heterocycles. The quantitative estimate of drug-likeness (QED) is 0.853. The van der Waals surface area contributed by atoms with Crippen LogP contribution in [0, 0.1) is 0 Å². The van der Waals surface area contributed by atoms with Crippen molar-refractivity contribution in [1.82, 2.24) is 4.98 Å². The highest BCUT2D eigenvalue weighted by atomic mass is 79.9. The van der Waals surface area contributed by atoms with E-state index < -0.39 is 6.43 Å². The van der Waals surface area contributed by atoms with Crippen LogP contribution in [0.5, 0.6) is 5.75 Å². The van der Waals surface area contributed by atoms with Crippen molar-refractivity contribution in [3.8, 4) is 5.75 Å². The number of hydrogen-bond acceptors (Lipinski definition) is 3. The summed E-state index contributed by atoms with van der Waals surface area (Å²) < 4.78 is 25.3. The maximum atomic E-state index is 12.6. The molecule has 19 heavy (non-hydrogen) atoms. The van der Waals surface area contributed by atoms with Crippen LogP contribution in [0.15, 0.2) is 30.5 Å². The molecule has 0 fully saturated rings. The minimum absolute atomic E-state index is 0.0950. The third-order valence-corrected chi connectivity index (χ3v) is 3.10. The molecule has 2 aromatic rings. The lowest BCUT2D eigenvalue weighted by atomic mass is 10.1. The Hall–Kier alpha value is -1.43. The Morgan fingerprint density at radius 2 is 2.11 bits per heavy atom. The molecular weight excluding hydrogens is 318 g/mol. The summed E-state index contributed by atoms with van der Waals surface area (Å²) in [6.45, 7) is 0.0411. The topological polar surface area (TPSA) is 36.4 Å². The summed E-state index contributed by atoms with van der Waals surface area (Å²) in [6.07, 6.45) is -0.852. The fourth-order valence-electron chi connectivity index (χ4n) is 1.95. The van der Waals surface area contributed by atoms with E-state index in [1.54, 1.807) is 30.5 Å². The maximum absolute atomic E-state index is 12.6. The van der Waals surface area contributed by atoms with E-state index in [4.69, 9.17) is 0 Å². The molecule has 2 rings (SSSR count). The number of rotatable bonds is 5. The zero-order valence-electron chi connectivity index (χ0n) is 10.1. The third kappa shape index (κ3) is 3.32. The molecule has 0 saturated heterocycles. The number of nitrogens with zero attached hydrogens (tertiary/aromatic N) is 2. The van der Waals surface area contributed by atoms with Gasteiger partial charge in [-0.1, -0.05) is 22.0 Å². The van der Waals surface area contributed by atoms with Crippen molar-refractivity contribution in [2.45, 2.75) is 6.43 Å². The van der Waals surface area contributed by atoms with Gasteiger partial charge < -0.3 is 10.0 Å². The van der Waals surface area contributed by atoms with Gasteiger partial charge in [0.05, 0.1) is 6.54 Å². The van der Waals surface area contributed by atoms with Crippen LogP contribution in [-0.4, -0.2) is 34.9 Å². The van der Waals surface area contributed by atoms with Crippen molar-refractivity contribution in [3.05, 3.63) is 30.5 Å². The Kier molecular flexibility index (Phi) is 4.52. The molecule has 0 aliphatic rings. The highest BCUT2D eigenvalue weighted by Crippen LogP contribution is 2.28. The number of hydrogen-bond donors (Lipinski definition) is 1. The zero-order valence-corrected chi connectivity index (χ0v) is 11.6. The average molecular weight is 331 g/mol. The Morgan fingerprint density at radius 1 is 1.32 bits per heavy atom. The maximum Gasteiger partial charge on any atom is 0.255 e. The summed E-state index contributed by atoms with van der Waals surface area (Å²) in [7, 11) is 0. The van der Waals surface area contributed by atoms with Crippen LogP contribution in [0.4, 0.5) is 14.6 Å². The van der Waals surface area contributed by atoms with Crippen LogP contribution < -0.4 is 4.90 Å². The van der Waals surface area contributed by atoms with E-state index in [-0.39, 0.29) is 12.3 Å². The molecular formula is C13H13BrF2N2O. The number of anilines is 1. The molecule has 0 atom stereocenters. The van der Waals surface area contributed by atoms with Gasteiger partial charge in [-0.15, -0.1) is 0 Å². The van der Waals surface area contributed by atoms with E-state index in [0.717, 1.165) is 5.39 Å². The van der Waals surface area contributed by atoms with E-state index >= 15 is 0 Å². The first-order valence-corrected chi connectivity index (χ1v) is 6.90. The molecule has 3 nitrogen and oxygen atoms in total. The van der Waals surface area contributed by atoms with Crippen molar-refractivity contribution in [1.29, 1.82) is 0 Å². The predicted octanol–water partition coefficient (Wildman–Crippen LogP) is 3.41. The lowest BCUT2D eigenvalue weighted by Crippen LogP contribution is -2.31. The van der Waals surface area contributed by atoms with Gasteiger partial charge in [0.1, 0.15) is 11.6 Å². The second-order valence-electron chi connectivity index (χ2n) is 4.07. The second kappa shape index (κ2) is 6.14. The van der Waals surface area contributed by atoms with E-state index in [1.807, 2.05) is 0 Å². The molecule has 0 bridgehead atoms. The largest absolute Gasteiger partial charge is 0.508 e. The van der Waals surface area contributed by atoms with Gasteiger partial charge >= 0.3 is 0 Å². The Bertz CT molecular complexity index is 565. The van der Waals surface area contributed by atoms with Crippen LogP contribution >= 0.6 is 15.9 Å². The number of aromatic nitrogens is 1. The lowest BCUT2D eigenvalue weighted by molar-refractivity contribution is 0.155. The third-order valence-electron chi connectivity index (χ3n) is 2.74. The summed E-state index contributed by atoms with van der Waals surface area (Å²) in [6, 6.07) is 6.63. The molecule has 0 aliphatic heterocycles. The average Bonchev–Trinajstić information content (AvgIpc) is 2.37. The SMILES string of the molecule is Oc1ccc2ccnc(N(CCBr)CC(F)F)c2c1. The summed E-state index contributed by atoms with van der Waals surface area (Å²) in [5.41, 5.74) is 0. The van der Waals surface area contributed by atoms with Gasteiger partial charge in [-0.2, -0.15) is 0 Å². The van der Waals surface area contributed by atoms with Crippen LogP contribution in [0.3, 0.4) is 0 Å². The first-order valence-electron chi connectivity index (χ1n) is 5.78. The molecule has 0 spiro atoms. The molecule has 1 N–H and O–H groups in total. The molecule has 0 amide bonds. The Labute approximate surface area is 118 Å². The molecule has 0 saturated carbocycles. The van der Waals surface area contributed by atoms with Gasteiger partial charge in [0.15, 0.2) is 0 Å². The second-order valence-corrected chi connectivity index (χ2v) is 4.86. The minimum atomic E-state index is -2.44. The van der Waals surface area contributed by atoms with Gasteiger partial charge in [-0.3, -0.25) is 0 Å². The van der Waals surface area contributed by atoms with Crippen molar-refractivity contribution in [3.63, 3.8) is 0 Å². The first-order chi connectivity index (χ1) is 9.11. The Morgan fingerprint density at radius 3 is 2.79 bits per heavy atom. The normalized spacial score (nSPS) is 11.2. The smallest absolute Gasteiger partial charge is 0.255 e. The van der Waals surface area contributed by atoms with Crippen molar-refractivity contribution in [2.75, 3.05) is 23.3 Å². The van der Waals surface area contributed by atoms with Gasteiger partial charge in [-0.05, 0) is 23.6 Å². The molecule has 1 aromatic carbocycles. The van der Waals surface area contributed by atoms with E-state index in [1.165, 1.54) is 4.90 Å². The molecule has 1 heterocycles. The summed E-state index contributed by atoms with van der Waals surface area (Å²) >= 11 is 3.25. The Balaban J connectivity index is 2.48. The van der Waals surface area contributed by atoms with Gasteiger partial charge in [0.2, 0.25) is 0 Å². The van der Waals surface area contributed by atoms with Crippen molar-refractivity contribution < 1.29 is 13.9 Å². The fourth-order valence-corrected chi connectivity index (χ4v) is 2.37. The monoisotopic (exact) mass is 330 g/mol. The number of phenolic OH excluding ortho intramolecular Hbond substituents is 1. The lowest BCUT2D eigenvalue weighted by Gasteiger charge is -2.23. The van der Waals surface area contributed by atoms with Crippen molar-refractivity contribution >= 4 is 32.5 Å². The molecule has 0 radical (unpaired) electrons. The summed E-state index contributed by atoms with van der Waals surface area (Å²) in [5.74, 6) is 0.561. The van der Waals surface area contributed by atoms with Crippen LogP contribution in [0.2, 0.25) is 0 Å². The van der Waals surface area contributed by atoms with Crippen molar-refractivity contribution in [2.24, 2.45) is 0 Å². The number of aromatic hydroxyl groups is 1. The number of benzene rings is 1. The molecule has 6 heteroatoms. The number of fused-ring (bicyclic) bond motifs is 1. The minimum Gasteiger partial charge on any atom is -0.508 e. The van der Waals surface area contributed by atoms with Crippen LogP contribution in [0.1, 0.15) is 0 Å². The van der Waals surface area contributed by atoms with Gasteiger partial charge in [-0.25, -0.2) is 13.8 Å². The number of alkyl halides is 3. The zero-order chi connectivity index (χ0) is 13.8. The number of halogens is 3. The molecule has 0 aliphatic carbocycles. The number of pyridine rings is 1. The number of phenols is 1. The predicted molar refractivity (Wildman–Crippen MR) is 75.4 cm³/mol. The summed E-state index contributed by atoms with van der Waals surface area (Å²) in [4.78, 5) is 5.70. The van der Waals surface area contributed by atoms with E-state index in [9.17, 15) is 13.9 Å².